The summed E-state index contributed by atoms with van der Waals surface area (Å²) in [6, 6.07) is 8.05. The zero-order valence-electron chi connectivity index (χ0n) is 10.8. The van der Waals surface area contributed by atoms with Crippen LogP contribution in [0.4, 0.5) is 0 Å². The number of benzene rings is 1. The Labute approximate surface area is 107 Å². The summed E-state index contributed by atoms with van der Waals surface area (Å²) in [6.45, 7) is 4.17. The van der Waals surface area contributed by atoms with Crippen LogP contribution < -0.4 is 0 Å². The van der Waals surface area contributed by atoms with Gasteiger partial charge in [0.1, 0.15) is 5.69 Å². The third-order valence-corrected chi connectivity index (χ3v) is 2.95. The van der Waals surface area contributed by atoms with Crippen LogP contribution in [0.2, 0.25) is 0 Å². The van der Waals surface area contributed by atoms with E-state index in [0.29, 0.717) is 5.69 Å². The van der Waals surface area contributed by atoms with Gasteiger partial charge >= 0.3 is 0 Å². The summed E-state index contributed by atoms with van der Waals surface area (Å²) >= 11 is 0. The molecule has 4 nitrogen and oxygen atoms in total. The van der Waals surface area contributed by atoms with Crippen LogP contribution in [0, 0.1) is 6.92 Å². The maximum Gasteiger partial charge on any atom is 0.172 e. The molecule has 0 aliphatic heterocycles. The van der Waals surface area contributed by atoms with Crippen molar-refractivity contribution in [2.75, 3.05) is 0 Å². The third-order valence-electron chi connectivity index (χ3n) is 2.95. The first-order chi connectivity index (χ1) is 8.76. The van der Waals surface area contributed by atoms with Crippen LogP contribution in [-0.2, 0) is 6.42 Å². The Bertz CT molecular complexity index is 528. The molecule has 0 saturated heterocycles. The topological polar surface area (TPSA) is 47.8 Å². The molecule has 1 aromatic carbocycles. The summed E-state index contributed by atoms with van der Waals surface area (Å²) < 4.78 is 1.76. The summed E-state index contributed by atoms with van der Waals surface area (Å²) in [5.41, 5.74) is 3.50. The van der Waals surface area contributed by atoms with Crippen LogP contribution in [0.15, 0.2) is 24.3 Å². The number of aromatic nitrogens is 3. The number of rotatable bonds is 5. The molecule has 4 heteroatoms. The van der Waals surface area contributed by atoms with Crippen molar-refractivity contribution in [1.82, 2.24) is 15.0 Å². The molecule has 0 fully saturated rings. The van der Waals surface area contributed by atoms with Crippen LogP contribution in [-0.4, -0.2) is 21.3 Å². The second kappa shape index (κ2) is 5.58. The third kappa shape index (κ3) is 2.47. The SMILES string of the molecule is CCCCc1c(C=O)nnn1-c1ccc(C)cc1. The molecule has 18 heavy (non-hydrogen) atoms. The molecule has 0 atom stereocenters. The first kappa shape index (κ1) is 12.5. The average Bonchev–Trinajstić information content (AvgIpc) is 2.80. The standard InChI is InChI=1S/C14H17N3O/c1-3-4-5-14-13(10-18)15-16-17(14)12-8-6-11(2)7-9-12/h6-10H,3-5H2,1-2H3. The fourth-order valence-corrected chi connectivity index (χ4v) is 1.88. The molecule has 0 N–H and O–H groups in total. The van der Waals surface area contributed by atoms with Crippen molar-refractivity contribution in [1.29, 1.82) is 0 Å². The molecule has 1 heterocycles. The van der Waals surface area contributed by atoms with Crippen LogP contribution >= 0.6 is 0 Å². The number of hydrogen-bond acceptors (Lipinski definition) is 3. The molecule has 0 unspecified atom stereocenters. The number of nitrogens with zero attached hydrogens (tertiary/aromatic N) is 3. The molecule has 1 aromatic heterocycles. The molecule has 0 radical (unpaired) electrons. The average molecular weight is 243 g/mol. The van der Waals surface area contributed by atoms with E-state index in [-0.39, 0.29) is 0 Å². The molecule has 0 aliphatic carbocycles. The van der Waals surface area contributed by atoms with Crippen molar-refractivity contribution in [2.45, 2.75) is 33.1 Å². The number of unbranched alkanes of at least 4 members (excludes halogenated alkanes) is 1. The quantitative estimate of drug-likeness (QED) is 0.759. The van der Waals surface area contributed by atoms with Crippen molar-refractivity contribution in [3.8, 4) is 5.69 Å². The highest BCUT2D eigenvalue weighted by atomic mass is 16.1. The zero-order chi connectivity index (χ0) is 13.0. The van der Waals surface area contributed by atoms with Gasteiger partial charge in [-0.25, -0.2) is 4.68 Å². The van der Waals surface area contributed by atoms with Gasteiger partial charge in [0.25, 0.3) is 0 Å². The van der Waals surface area contributed by atoms with Crippen molar-refractivity contribution in [3.05, 3.63) is 41.2 Å². The molecule has 2 rings (SSSR count). The lowest BCUT2D eigenvalue weighted by Crippen LogP contribution is -2.03. The van der Waals surface area contributed by atoms with Gasteiger partial charge in [-0.3, -0.25) is 4.79 Å². The van der Waals surface area contributed by atoms with Crippen LogP contribution in [0.1, 0.15) is 41.5 Å². The summed E-state index contributed by atoms with van der Waals surface area (Å²) in [5.74, 6) is 0. The molecule has 0 bridgehead atoms. The maximum absolute atomic E-state index is 11.0. The summed E-state index contributed by atoms with van der Waals surface area (Å²) in [5, 5.41) is 8.01. The van der Waals surface area contributed by atoms with Crippen LogP contribution in [0.5, 0.6) is 0 Å². The minimum Gasteiger partial charge on any atom is -0.296 e. The van der Waals surface area contributed by atoms with Gasteiger partial charge in [0, 0.05) is 0 Å². The Morgan fingerprint density at radius 3 is 2.61 bits per heavy atom. The molecule has 2 aromatic rings. The second-order valence-electron chi connectivity index (χ2n) is 4.39. The maximum atomic E-state index is 11.0. The van der Waals surface area contributed by atoms with Crippen LogP contribution in [0.25, 0.3) is 5.69 Å². The van der Waals surface area contributed by atoms with Crippen molar-refractivity contribution >= 4 is 6.29 Å². The van der Waals surface area contributed by atoms with Gasteiger partial charge in [0.2, 0.25) is 0 Å². The monoisotopic (exact) mass is 243 g/mol. The van der Waals surface area contributed by atoms with E-state index in [1.165, 1.54) is 5.56 Å². The first-order valence-electron chi connectivity index (χ1n) is 6.23. The van der Waals surface area contributed by atoms with E-state index in [0.717, 1.165) is 36.9 Å². The smallest absolute Gasteiger partial charge is 0.172 e. The number of hydrogen-bond donors (Lipinski definition) is 0. The fraction of sp³-hybridized carbons (Fsp3) is 0.357. The van der Waals surface area contributed by atoms with Crippen LogP contribution in [0.3, 0.4) is 0 Å². The lowest BCUT2D eigenvalue weighted by atomic mass is 10.1. The summed E-state index contributed by atoms with van der Waals surface area (Å²) in [4.78, 5) is 11.0. The number of aryl methyl sites for hydroxylation is 1. The normalized spacial score (nSPS) is 10.6. The number of aldehydes is 1. The second-order valence-corrected chi connectivity index (χ2v) is 4.39. The first-order valence-corrected chi connectivity index (χ1v) is 6.23. The Kier molecular flexibility index (Phi) is 3.87. The molecule has 94 valence electrons. The van der Waals surface area contributed by atoms with Crippen molar-refractivity contribution < 1.29 is 4.79 Å². The molecule has 0 aliphatic rings. The van der Waals surface area contributed by atoms with Gasteiger partial charge in [-0.05, 0) is 31.9 Å². The molecular weight excluding hydrogens is 226 g/mol. The van der Waals surface area contributed by atoms with E-state index in [2.05, 4.69) is 17.2 Å². The predicted molar refractivity (Wildman–Crippen MR) is 70.1 cm³/mol. The van der Waals surface area contributed by atoms with E-state index in [1.807, 2.05) is 31.2 Å². The fourth-order valence-electron chi connectivity index (χ4n) is 1.88. The highest BCUT2D eigenvalue weighted by molar-refractivity contribution is 5.73. The van der Waals surface area contributed by atoms with E-state index in [9.17, 15) is 4.79 Å². The predicted octanol–water partition coefficient (Wildman–Crippen LogP) is 2.73. The highest BCUT2D eigenvalue weighted by Gasteiger charge is 2.12. The minimum atomic E-state index is 0.448. The van der Waals surface area contributed by atoms with E-state index in [1.54, 1.807) is 4.68 Å². The van der Waals surface area contributed by atoms with Gasteiger partial charge in [-0.2, -0.15) is 0 Å². The lowest BCUT2D eigenvalue weighted by Gasteiger charge is -2.06. The zero-order valence-corrected chi connectivity index (χ0v) is 10.8. The van der Waals surface area contributed by atoms with E-state index >= 15 is 0 Å². The Morgan fingerprint density at radius 1 is 1.28 bits per heavy atom. The molecular formula is C14H17N3O. The van der Waals surface area contributed by atoms with Gasteiger partial charge in [0.15, 0.2) is 6.29 Å². The molecule has 0 amide bonds. The van der Waals surface area contributed by atoms with Gasteiger partial charge in [0.05, 0.1) is 11.4 Å². The largest absolute Gasteiger partial charge is 0.296 e. The molecule has 0 spiro atoms. The van der Waals surface area contributed by atoms with Gasteiger partial charge < -0.3 is 0 Å². The van der Waals surface area contributed by atoms with Crippen molar-refractivity contribution in [2.24, 2.45) is 0 Å². The Hall–Kier alpha value is -1.97. The summed E-state index contributed by atoms with van der Waals surface area (Å²) in [7, 11) is 0. The van der Waals surface area contributed by atoms with E-state index < -0.39 is 0 Å². The van der Waals surface area contributed by atoms with Gasteiger partial charge in [-0.15, -0.1) is 5.10 Å². The lowest BCUT2D eigenvalue weighted by molar-refractivity contribution is 0.111. The summed E-state index contributed by atoms with van der Waals surface area (Å²) in [6.07, 6.45) is 3.71. The highest BCUT2D eigenvalue weighted by Crippen LogP contribution is 2.15. The molecule has 0 saturated carbocycles. The van der Waals surface area contributed by atoms with E-state index in [4.69, 9.17) is 0 Å². The minimum absolute atomic E-state index is 0.448. The number of carbonyl (C=O) groups is 1. The number of carbonyl (C=O) groups excluding carboxylic acids is 1. The Morgan fingerprint density at radius 2 is 2.00 bits per heavy atom. The van der Waals surface area contributed by atoms with Gasteiger partial charge in [-0.1, -0.05) is 36.3 Å². The van der Waals surface area contributed by atoms with Crippen molar-refractivity contribution in [3.63, 3.8) is 0 Å². The Balaban J connectivity index is 2.40.